The van der Waals surface area contributed by atoms with Gasteiger partial charge in [0.15, 0.2) is 0 Å². The number of nitrogens with zero attached hydrogens (tertiary/aromatic N) is 1. The summed E-state index contributed by atoms with van der Waals surface area (Å²) in [4.78, 5) is 2.62. The number of hydrogen-bond donors (Lipinski definition) is 0. The van der Waals surface area contributed by atoms with Crippen LogP contribution in [0, 0.1) is 0 Å². The first kappa shape index (κ1) is 13.1. The molecule has 1 aromatic carbocycles. The Morgan fingerprint density at radius 3 is 2.70 bits per heavy atom. The van der Waals surface area contributed by atoms with Gasteiger partial charge in [-0.1, -0.05) is 28.4 Å². The topological polar surface area (TPSA) is 21.7 Å². The van der Waals surface area contributed by atoms with E-state index in [9.17, 15) is 0 Å². The third kappa shape index (κ3) is 2.28. The second kappa shape index (κ2) is 5.00. The predicted molar refractivity (Wildman–Crippen MR) is 80.7 cm³/mol. The van der Waals surface area contributed by atoms with Gasteiger partial charge in [0.2, 0.25) is 5.79 Å². The van der Waals surface area contributed by atoms with E-state index in [-0.39, 0.29) is 5.79 Å². The smallest absolute Gasteiger partial charge is 0.213 e. The lowest BCUT2D eigenvalue weighted by Crippen LogP contribution is -2.54. The molecule has 1 saturated heterocycles. The maximum Gasteiger partial charge on any atom is 0.213 e. The van der Waals surface area contributed by atoms with Crippen molar-refractivity contribution in [2.45, 2.75) is 50.5 Å². The lowest BCUT2D eigenvalue weighted by Gasteiger charge is -2.47. The normalized spacial score (nSPS) is 25.9. The number of hydrogen-bond acceptors (Lipinski definition) is 3. The van der Waals surface area contributed by atoms with Gasteiger partial charge in [-0.15, -0.1) is 0 Å². The largest absolute Gasteiger partial charge is 0.462 e. The van der Waals surface area contributed by atoms with Crippen LogP contribution in [-0.2, 0) is 11.3 Å². The summed E-state index contributed by atoms with van der Waals surface area (Å²) in [5, 5.41) is 0. The molecule has 2 aliphatic heterocycles. The summed E-state index contributed by atoms with van der Waals surface area (Å²) in [6.45, 7) is 2.88. The quantitative estimate of drug-likeness (QED) is 0.779. The van der Waals surface area contributed by atoms with Crippen molar-refractivity contribution in [1.82, 2.24) is 4.90 Å². The van der Waals surface area contributed by atoms with Crippen LogP contribution in [0.3, 0.4) is 0 Å². The molecule has 2 fully saturated rings. The highest BCUT2D eigenvalue weighted by molar-refractivity contribution is 9.10. The Labute approximate surface area is 128 Å². The summed E-state index contributed by atoms with van der Waals surface area (Å²) in [7, 11) is 0. The number of fused-ring (bicyclic) bond motifs is 1. The summed E-state index contributed by atoms with van der Waals surface area (Å²) in [5.41, 5.74) is 1.15. The maximum atomic E-state index is 6.24. The van der Waals surface area contributed by atoms with Gasteiger partial charge in [0.1, 0.15) is 5.75 Å². The molecule has 1 spiro atoms. The predicted octanol–water partition coefficient (Wildman–Crippen LogP) is 3.70. The van der Waals surface area contributed by atoms with E-state index in [1.54, 1.807) is 0 Å². The highest BCUT2D eigenvalue weighted by Gasteiger charge is 2.42. The van der Waals surface area contributed by atoms with Crippen molar-refractivity contribution in [3.63, 3.8) is 0 Å². The molecular weight excluding hydrogens is 318 g/mol. The van der Waals surface area contributed by atoms with Gasteiger partial charge in [-0.05, 0) is 25.0 Å². The molecule has 3 aliphatic rings. The van der Waals surface area contributed by atoms with Gasteiger partial charge in [0.05, 0.1) is 6.61 Å². The third-order valence-corrected chi connectivity index (χ3v) is 5.46. The molecule has 0 radical (unpaired) electrons. The second-order valence-corrected chi connectivity index (χ2v) is 7.09. The number of piperidine rings is 1. The molecular formula is C16H20BrNO2. The van der Waals surface area contributed by atoms with E-state index in [0.717, 1.165) is 47.8 Å². The highest BCUT2D eigenvalue weighted by Crippen LogP contribution is 2.40. The van der Waals surface area contributed by atoms with E-state index < -0.39 is 0 Å². The van der Waals surface area contributed by atoms with E-state index in [4.69, 9.17) is 9.47 Å². The van der Waals surface area contributed by atoms with E-state index >= 15 is 0 Å². The van der Waals surface area contributed by atoms with Crippen LogP contribution in [0.5, 0.6) is 5.75 Å². The van der Waals surface area contributed by atoms with Crippen molar-refractivity contribution < 1.29 is 9.47 Å². The van der Waals surface area contributed by atoms with Crippen molar-refractivity contribution >= 4 is 15.9 Å². The van der Waals surface area contributed by atoms with Crippen LogP contribution in [0.4, 0.5) is 0 Å². The Morgan fingerprint density at radius 2 is 2.00 bits per heavy atom. The molecule has 0 N–H and O–H groups in total. The van der Waals surface area contributed by atoms with Crippen LogP contribution in [0.1, 0.15) is 37.7 Å². The summed E-state index contributed by atoms with van der Waals surface area (Å²) in [5.74, 6) is 0.608. The molecule has 20 heavy (non-hydrogen) atoms. The molecule has 0 bridgehead atoms. The Kier molecular flexibility index (Phi) is 3.28. The number of rotatable bonds is 1. The van der Waals surface area contributed by atoms with Gasteiger partial charge < -0.3 is 9.47 Å². The van der Waals surface area contributed by atoms with E-state index in [0.29, 0.717) is 6.61 Å². The van der Waals surface area contributed by atoms with Gasteiger partial charge >= 0.3 is 0 Å². The fraction of sp³-hybridized carbons (Fsp3) is 0.625. The van der Waals surface area contributed by atoms with Crippen LogP contribution in [-0.4, -0.2) is 29.8 Å². The standard InChI is InChI=1S/C16H20BrNO2/c17-13-5-4-12-11-19-16(20-15(12)10-13)6-8-18(9-7-16)14-2-1-3-14/h4-5,10,14H,1-3,6-9,11H2. The maximum absolute atomic E-state index is 6.24. The molecule has 1 aromatic rings. The lowest BCUT2D eigenvalue weighted by molar-refractivity contribution is -0.231. The van der Waals surface area contributed by atoms with Crippen LogP contribution in [0.2, 0.25) is 0 Å². The zero-order valence-corrected chi connectivity index (χ0v) is 13.2. The molecule has 108 valence electrons. The van der Waals surface area contributed by atoms with E-state index in [2.05, 4.69) is 33.0 Å². The molecule has 3 nitrogen and oxygen atoms in total. The number of halogens is 1. The zero-order valence-electron chi connectivity index (χ0n) is 11.6. The van der Waals surface area contributed by atoms with Crippen LogP contribution in [0.15, 0.2) is 22.7 Å². The first-order valence-electron chi connectivity index (χ1n) is 7.60. The fourth-order valence-corrected chi connectivity index (χ4v) is 3.75. The number of ether oxygens (including phenoxy) is 2. The minimum Gasteiger partial charge on any atom is -0.462 e. The molecule has 0 atom stereocenters. The van der Waals surface area contributed by atoms with Gasteiger partial charge in [-0.25, -0.2) is 0 Å². The Balaban J connectivity index is 1.47. The number of benzene rings is 1. The summed E-state index contributed by atoms with van der Waals surface area (Å²) >= 11 is 3.52. The Bertz CT molecular complexity index is 507. The first-order valence-corrected chi connectivity index (χ1v) is 8.39. The second-order valence-electron chi connectivity index (χ2n) is 6.17. The molecule has 1 aliphatic carbocycles. The van der Waals surface area contributed by atoms with Crippen molar-refractivity contribution in [2.75, 3.05) is 13.1 Å². The summed E-state index contributed by atoms with van der Waals surface area (Å²) in [6.07, 6.45) is 6.13. The molecule has 4 heteroatoms. The van der Waals surface area contributed by atoms with E-state index in [1.807, 2.05) is 6.07 Å². The average molecular weight is 338 g/mol. The van der Waals surface area contributed by atoms with Crippen LogP contribution >= 0.6 is 15.9 Å². The highest BCUT2D eigenvalue weighted by atomic mass is 79.9. The lowest BCUT2D eigenvalue weighted by atomic mass is 9.89. The molecule has 2 heterocycles. The minimum absolute atomic E-state index is 0.381. The van der Waals surface area contributed by atoms with E-state index in [1.165, 1.54) is 19.3 Å². The van der Waals surface area contributed by atoms with Crippen molar-refractivity contribution in [1.29, 1.82) is 0 Å². The number of likely N-dealkylation sites (tertiary alicyclic amines) is 1. The zero-order chi connectivity index (χ0) is 13.6. The monoisotopic (exact) mass is 337 g/mol. The van der Waals surface area contributed by atoms with Crippen molar-refractivity contribution in [2.24, 2.45) is 0 Å². The molecule has 0 amide bonds. The van der Waals surface area contributed by atoms with Crippen molar-refractivity contribution in [3.05, 3.63) is 28.2 Å². The van der Waals surface area contributed by atoms with Crippen LogP contribution < -0.4 is 4.74 Å². The van der Waals surface area contributed by atoms with Crippen LogP contribution in [0.25, 0.3) is 0 Å². The fourth-order valence-electron chi connectivity index (χ4n) is 3.41. The van der Waals surface area contributed by atoms with Crippen molar-refractivity contribution in [3.8, 4) is 5.75 Å². The molecule has 1 saturated carbocycles. The Hall–Kier alpha value is -0.580. The molecule has 0 unspecified atom stereocenters. The van der Waals surface area contributed by atoms with Gasteiger partial charge in [0, 0.05) is 42.0 Å². The summed E-state index contributed by atoms with van der Waals surface area (Å²) < 4.78 is 13.4. The minimum atomic E-state index is -0.381. The SMILES string of the molecule is Brc1ccc2c(c1)OC1(CCN(C3CCC3)CC1)OC2. The third-order valence-electron chi connectivity index (χ3n) is 4.97. The molecule has 4 rings (SSSR count). The van der Waals surface area contributed by atoms with Gasteiger partial charge in [-0.2, -0.15) is 0 Å². The van der Waals surface area contributed by atoms with Gasteiger partial charge in [0.25, 0.3) is 0 Å². The first-order chi connectivity index (χ1) is 9.74. The van der Waals surface area contributed by atoms with Gasteiger partial charge in [-0.3, -0.25) is 4.90 Å². The summed E-state index contributed by atoms with van der Waals surface area (Å²) in [6, 6.07) is 7.02. The molecule has 0 aromatic heterocycles. The Morgan fingerprint density at radius 1 is 1.20 bits per heavy atom. The average Bonchev–Trinajstić information content (AvgIpc) is 2.39.